The summed E-state index contributed by atoms with van der Waals surface area (Å²) in [5, 5.41) is 0. The first-order chi connectivity index (χ1) is 7.72. The Morgan fingerprint density at radius 3 is 3.06 bits per heavy atom. The SMILES string of the molecule is CCc1nc(C2CCCOC2)[nH]c(=O)c1I. The molecule has 0 spiro atoms. The highest BCUT2D eigenvalue weighted by molar-refractivity contribution is 14.1. The molecule has 0 aromatic carbocycles. The number of nitrogens with one attached hydrogen (secondary N) is 1. The molecule has 0 saturated carbocycles. The first-order valence-corrected chi connectivity index (χ1v) is 6.66. The smallest absolute Gasteiger partial charge is 0.264 e. The van der Waals surface area contributed by atoms with E-state index in [-0.39, 0.29) is 11.5 Å². The van der Waals surface area contributed by atoms with Crippen molar-refractivity contribution in [2.75, 3.05) is 13.2 Å². The van der Waals surface area contributed by atoms with Crippen LogP contribution in [0.25, 0.3) is 0 Å². The van der Waals surface area contributed by atoms with E-state index in [2.05, 4.69) is 32.6 Å². The standard InChI is InChI=1S/C11H15IN2O2/c1-2-8-9(12)11(15)14-10(13-8)7-4-3-5-16-6-7/h7H,2-6H2,1H3,(H,13,14,15). The minimum atomic E-state index is -0.0203. The lowest BCUT2D eigenvalue weighted by Gasteiger charge is -2.21. The van der Waals surface area contributed by atoms with Gasteiger partial charge in [0, 0.05) is 12.5 Å². The first-order valence-electron chi connectivity index (χ1n) is 5.58. The minimum Gasteiger partial charge on any atom is -0.381 e. The summed E-state index contributed by atoms with van der Waals surface area (Å²) in [4.78, 5) is 19.1. The second kappa shape index (κ2) is 5.27. The Kier molecular flexibility index (Phi) is 3.96. The van der Waals surface area contributed by atoms with Gasteiger partial charge in [-0.05, 0) is 41.9 Å². The molecule has 0 amide bonds. The van der Waals surface area contributed by atoms with E-state index in [0.29, 0.717) is 10.2 Å². The Morgan fingerprint density at radius 2 is 2.44 bits per heavy atom. The quantitative estimate of drug-likeness (QED) is 0.840. The second-order valence-electron chi connectivity index (χ2n) is 3.98. The molecule has 1 N–H and O–H groups in total. The summed E-state index contributed by atoms with van der Waals surface area (Å²) in [6.07, 6.45) is 2.89. The fourth-order valence-electron chi connectivity index (χ4n) is 1.91. The monoisotopic (exact) mass is 334 g/mol. The fraction of sp³-hybridized carbons (Fsp3) is 0.636. The molecule has 1 atom stereocenters. The number of hydrogen-bond donors (Lipinski definition) is 1. The zero-order valence-corrected chi connectivity index (χ0v) is 11.4. The normalized spacial score (nSPS) is 21.0. The van der Waals surface area contributed by atoms with E-state index in [4.69, 9.17) is 4.74 Å². The van der Waals surface area contributed by atoms with Crippen molar-refractivity contribution >= 4 is 22.6 Å². The van der Waals surface area contributed by atoms with Crippen LogP contribution in [0.5, 0.6) is 0 Å². The van der Waals surface area contributed by atoms with Gasteiger partial charge in [-0.25, -0.2) is 4.98 Å². The van der Waals surface area contributed by atoms with Crippen LogP contribution in [0.3, 0.4) is 0 Å². The lowest BCUT2D eigenvalue weighted by molar-refractivity contribution is 0.0779. The third-order valence-corrected chi connectivity index (χ3v) is 3.94. The number of H-pyrrole nitrogens is 1. The zero-order valence-electron chi connectivity index (χ0n) is 9.25. The summed E-state index contributed by atoms with van der Waals surface area (Å²) < 4.78 is 6.13. The van der Waals surface area contributed by atoms with E-state index in [9.17, 15) is 4.79 Å². The highest BCUT2D eigenvalue weighted by Gasteiger charge is 2.19. The van der Waals surface area contributed by atoms with Gasteiger partial charge in [-0.3, -0.25) is 4.79 Å². The summed E-state index contributed by atoms with van der Waals surface area (Å²) in [5.41, 5.74) is 0.873. The highest BCUT2D eigenvalue weighted by Crippen LogP contribution is 2.22. The maximum absolute atomic E-state index is 11.7. The molecule has 2 heterocycles. The van der Waals surface area contributed by atoms with Crippen molar-refractivity contribution < 1.29 is 4.74 Å². The predicted octanol–water partition coefficient (Wildman–Crippen LogP) is 1.83. The Labute approximate surface area is 108 Å². The van der Waals surface area contributed by atoms with Gasteiger partial charge in [0.15, 0.2) is 0 Å². The van der Waals surface area contributed by atoms with E-state index in [1.807, 2.05) is 6.92 Å². The number of hydrogen-bond acceptors (Lipinski definition) is 3. The molecule has 1 saturated heterocycles. The van der Waals surface area contributed by atoms with Crippen molar-refractivity contribution in [1.29, 1.82) is 0 Å². The van der Waals surface area contributed by atoms with Gasteiger partial charge in [0.1, 0.15) is 5.82 Å². The van der Waals surface area contributed by atoms with E-state index < -0.39 is 0 Å². The summed E-state index contributed by atoms with van der Waals surface area (Å²) in [5.74, 6) is 1.05. The summed E-state index contributed by atoms with van der Waals surface area (Å²) >= 11 is 2.05. The molecule has 0 aliphatic carbocycles. The summed E-state index contributed by atoms with van der Waals surface area (Å²) in [7, 11) is 0. The minimum absolute atomic E-state index is 0.0203. The Bertz CT molecular complexity index is 424. The molecule has 0 radical (unpaired) electrons. The molecular formula is C11H15IN2O2. The van der Waals surface area contributed by atoms with Crippen LogP contribution in [0.15, 0.2) is 4.79 Å². The summed E-state index contributed by atoms with van der Waals surface area (Å²) in [6.45, 7) is 3.52. The van der Waals surface area contributed by atoms with E-state index in [0.717, 1.165) is 37.4 Å². The Morgan fingerprint density at radius 1 is 1.62 bits per heavy atom. The molecule has 1 aromatic heterocycles. The van der Waals surface area contributed by atoms with Gasteiger partial charge in [-0.1, -0.05) is 6.92 Å². The highest BCUT2D eigenvalue weighted by atomic mass is 127. The van der Waals surface area contributed by atoms with Gasteiger partial charge in [0.05, 0.1) is 15.9 Å². The lowest BCUT2D eigenvalue weighted by Crippen LogP contribution is -2.24. The zero-order chi connectivity index (χ0) is 11.5. The van der Waals surface area contributed by atoms with E-state index in [1.165, 1.54) is 0 Å². The average molecular weight is 334 g/mol. The van der Waals surface area contributed by atoms with Crippen molar-refractivity contribution in [2.24, 2.45) is 0 Å². The molecule has 0 bridgehead atoms. The van der Waals surface area contributed by atoms with Crippen LogP contribution in [0, 0.1) is 3.57 Å². The van der Waals surface area contributed by atoms with Crippen molar-refractivity contribution in [2.45, 2.75) is 32.1 Å². The Hall–Kier alpha value is -0.430. The predicted molar refractivity (Wildman–Crippen MR) is 69.7 cm³/mol. The summed E-state index contributed by atoms with van der Waals surface area (Å²) in [6, 6.07) is 0. The average Bonchev–Trinajstić information content (AvgIpc) is 2.33. The van der Waals surface area contributed by atoms with E-state index >= 15 is 0 Å². The van der Waals surface area contributed by atoms with Crippen LogP contribution in [0.4, 0.5) is 0 Å². The van der Waals surface area contributed by atoms with Crippen molar-refractivity contribution in [3.63, 3.8) is 0 Å². The van der Waals surface area contributed by atoms with Crippen LogP contribution in [0.2, 0.25) is 0 Å². The molecule has 4 nitrogen and oxygen atoms in total. The Balaban J connectivity index is 2.33. The largest absolute Gasteiger partial charge is 0.381 e. The van der Waals surface area contributed by atoms with Crippen molar-refractivity contribution in [3.8, 4) is 0 Å². The molecule has 5 heteroatoms. The molecule has 1 unspecified atom stereocenters. The first kappa shape index (κ1) is 12.0. The molecule has 16 heavy (non-hydrogen) atoms. The maximum Gasteiger partial charge on any atom is 0.264 e. The topological polar surface area (TPSA) is 55.0 Å². The van der Waals surface area contributed by atoms with Crippen LogP contribution < -0.4 is 5.56 Å². The van der Waals surface area contributed by atoms with Gasteiger partial charge < -0.3 is 9.72 Å². The molecule has 1 aliphatic rings. The number of ether oxygens (including phenoxy) is 1. The number of aromatic amines is 1. The third-order valence-electron chi connectivity index (χ3n) is 2.83. The number of halogens is 1. The van der Waals surface area contributed by atoms with Crippen LogP contribution in [-0.4, -0.2) is 23.2 Å². The lowest BCUT2D eigenvalue weighted by atomic mass is 10.0. The maximum atomic E-state index is 11.7. The number of aromatic nitrogens is 2. The molecule has 88 valence electrons. The fourth-order valence-corrected chi connectivity index (χ4v) is 2.55. The van der Waals surface area contributed by atoms with Crippen LogP contribution >= 0.6 is 22.6 Å². The van der Waals surface area contributed by atoms with Crippen molar-refractivity contribution in [3.05, 3.63) is 25.4 Å². The van der Waals surface area contributed by atoms with Gasteiger partial charge in [0.25, 0.3) is 5.56 Å². The van der Waals surface area contributed by atoms with Gasteiger partial charge in [-0.15, -0.1) is 0 Å². The van der Waals surface area contributed by atoms with Gasteiger partial charge in [-0.2, -0.15) is 0 Å². The number of aryl methyl sites for hydroxylation is 1. The van der Waals surface area contributed by atoms with Gasteiger partial charge in [0.2, 0.25) is 0 Å². The third kappa shape index (κ3) is 2.45. The van der Waals surface area contributed by atoms with Gasteiger partial charge >= 0.3 is 0 Å². The molecule has 1 aromatic rings. The molecule has 1 aliphatic heterocycles. The van der Waals surface area contributed by atoms with Crippen molar-refractivity contribution in [1.82, 2.24) is 9.97 Å². The molecular weight excluding hydrogens is 319 g/mol. The van der Waals surface area contributed by atoms with E-state index in [1.54, 1.807) is 0 Å². The number of nitrogens with zero attached hydrogens (tertiary/aromatic N) is 1. The molecule has 1 fully saturated rings. The van der Waals surface area contributed by atoms with Crippen LogP contribution in [0.1, 0.15) is 37.2 Å². The van der Waals surface area contributed by atoms with Crippen LogP contribution in [-0.2, 0) is 11.2 Å². The number of rotatable bonds is 2. The second-order valence-corrected chi connectivity index (χ2v) is 5.06. The molecule has 2 rings (SSSR count).